The van der Waals surface area contributed by atoms with Crippen molar-refractivity contribution in [3.05, 3.63) is 64.6 Å². The molecule has 1 amide bonds. The summed E-state index contributed by atoms with van der Waals surface area (Å²) in [5.74, 6) is -0.652. The molecule has 2 aromatic carbocycles. The molecule has 0 fully saturated rings. The molecule has 0 saturated heterocycles. The fourth-order valence-corrected chi connectivity index (χ4v) is 3.83. The molecule has 3 aromatic rings. The third-order valence-electron chi connectivity index (χ3n) is 5.49. The third-order valence-corrected chi connectivity index (χ3v) is 5.49. The number of aromatic nitrogens is 1. The standard InChI is InChI=1S/C25H29FN2O4/c1-16-10-11-21(26)24-23(16)20(17(2)28-24)12-13-27-25(31)18-7-6-8-19(15-18)32-14-5-3-4-9-22(29)30/h6-8,10-11,15,28H,3-5,9,12-14H2,1-2H3,(H,27,31)(H,29,30). The second-order valence-electron chi connectivity index (χ2n) is 7.93. The van der Waals surface area contributed by atoms with Crippen LogP contribution in [0.4, 0.5) is 4.39 Å². The van der Waals surface area contributed by atoms with E-state index in [0.29, 0.717) is 42.8 Å². The molecular weight excluding hydrogens is 411 g/mol. The smallest absolute Gasteiger partial charge is 0.303 e. The molecule has 0 saturated carbocycles. The van der Waals surface area contributed by atoms with Gasteiger partial charge in [-0.2, -0.15) is 0 Å². The Morgan fingerprint density at radius 1 is 1.12 bits per heavy atom. The number of nitrogens with one attached hydrogen (secondary N) is 2. The largest absolute Gasteiger partial charge is 0.494 e. The predicted molar refractivity (Wildman–Crippen MR) is 122 cm³/mol. The van der Waals surface area contributed by atoms with Crippen LogP contribution < -0.4 is 10.1 Å². The molecule has 7 heteroatoms. The van der Waals surface area contributed by atoms with Crippen molar-refractivity contribution in [3.8, 4) is 5.75 Å². The van der Waals surface area contributed by atoms with Crippen molar-refractivity contribution < 1.29 is 23.8 Å². The van der Waals surface area contributed by atoms with Crippen LogP contribution in [0.25, 0.3) is 10.9 Å². The van der Waals surface area contributed by atoms with E-state index in [1.807, 2.05) is 13.8 Å². The third kappa shape index (κ3) is 5.87. The average molecular weight is 441 g/mol. The van der Waals surface area contributed by atoms with Crippen LogP contribution in [0.3, 0.4) is 0 Å². The number of H-pyrrole nitrogens is 1. The number of amides is 1. The fourth-order valence-electron chi connectivity index (χ4n) is 3.83. The highest BCUT2D eigenvalue weighted by molar-refractivity contribution is 5.94. The maximum absolute atomic E-state index is 14.1. The van der Waals surface area contributed by atoms with Gasteiger partial charge in [-0.05, 0) is 74.9 Å². The SMILES string of the molecule is Cc1[nH]c2c(F)ccc(C)c2c1CCNC(=O)c1cccc(OCCCCCC(=O)O)c1. The van der Waals surface area contributed by atoms with E-state index >= 15 is 0 Å². The minimum atomic E-state index is -0.785. The van der Waals surface area contributed by atoms with E-state index in [4.69, 9.17) is 9.84 Å². The summed E-state index contributed by atoms with van der Waals surface area (Å²) < 4.78 is 19.8. The summed E-state index contributed by atoms with van der Waals surface area (Å²) in [4.78, 5) is 26.2. The number of fused-ring (bicyclic) bond motifs is 1. The zero-order chi connectivity index (χ0) is 23.1. The van der Waals surface area contributed by atoms with Crippen LogP contribution in [0.5, 0.6) is 5.75 Å². The Labute approximate surface area is 186 Å². The summed E-state index contributed by atoms with van der Waals surface area (Å²) in [7, 11) is 0. The van der Waals surface area contributed by atoms with Crippen molar-refractivity contribution in [2.75, 3.05) is 13.2 Å². The lowest BCUT2D eigenvalue weighted by molar-refractivity contribution is -0.137. The van der Waals surface area contributed by atoms with Gasteiger partial charge in [0.15, 0.2) is 0 Å². The van der Waals surface area contributed by atoms with Crippen LogP contribution in [0.15, 0.2) is 36.4 Å². The molecule has 1 heterocycles. The first kappa shape index (κ1) is 23.3. The van der Waals surface area contributed by atoms with Crippen LogP contribution >= 0.6 is 0 Å². The predicted octanol–water partition coefficient (Wildman–Crippen LogP) is 4.92. The first-order valence-corrected chi connectivity index (χ1v) is 10.9. The minimum absolute atomic E-state index is 0.169. The lowest BCUT2D eigenvalue weighted by atomic mass is 10.0. The average Bonchev–Trinajstić information content (AvgIpc) is 3.10. The second-order valence-corrected chi connectivity index (χ2v) is 7.93. The number of ether oxygens (including phenoxy) is 1. The van der Waals surface area contributed by atoms with Gasteiger partial charge in [0, 0.05) is 29.6 Å². The summed E-state index contributed by atoms with van der Waals surface area (Å²) in [5.41, 5.74) is 3.93. The Kier molecular flexibility index (Phi) is 7.87. The number of benzene rings is 2. The molecule has 0 aliphatic carbocycles. The molecule has 0 bridgehead atoms. The van der Waals surface area contributed by atoms with Gasteiger partial charge in [-0.1, -0.05) is 12.1 Å². The summed E-state index contributed by atoms with van der Waals surface area (Å²) in [6.45, 7) is 4.77. The minimum Gasteiger partial charge on any atom is -0.494 e. The van der Waals surface area contributed by atoms with Crippen molar-refractivity contribution >= 4 is 22.8 Å². The number of unbranched alkanes of at least 4 members (excludes halogenated alkanes) is 2. The number of aromatic amines is 1. The molecule has 0 aliphatic rings. The molecule has 3 N–H and O–H groups in total. The van der Waals surface area contributed by atoms with E-state index in [9.17, 15) is 14.0 Å². The lowest BCUT2D eigenvalue weighted by Gasteiger charge is -2.09. The highest BCUT2D eigenvalue weighted by Crippen LogP contribution is 2.27. The van der Waals surface area contributed by atoms with Crippen molar-refractivity contribution in [2.45, 2.75) is 46.0 Å². The van der Waals surface area contributed by atoms with Crippen molar-refractivity contribution in [1.82, 2.24) is 10.3 Å². The Hall–Kier alpha value is -3.35. The van der Waals surface area contributed by atoms with Crippen LogP contribution in [0.2, 0.25) is 0 Å². The number of hydrogen-bond acceptors (Lipinski definition) is 3. The first-order chi connectivity index (χ1) is 15.4. The zero-order valence-electron chi connectivity index (χ0n) is 18.5. The Morgan fingerprint density at radius 2 is 1.94 bits per heavy atom. The van der Waals surface area contributed by atoms with E-state index in [-0.39, 0.29) is 18.1 Å². The number of carboxylic acid groups (broad SMARTS) is 1. The summed E-state index contributed by atoms with van der Waals surface area (Å²) in [6.07, 6.45) is 2.93. The van der Waals surface area contributed by atoms with Gasteiger partial charge in [0.1, 0.15) is 11.6 Å². The molecule has 0 radical (unpaired) electrons. The number of hydrogen-bond donors (Lipinski definition) is 3. The van der Waals surface area contributed by atoms with Gasteiger partial charge in [-0.3, -0.25) is 9.59 Å². The summed E-state index contributed by atoms with van der Waals surface area (Å²) in [5, 5.41) is 12.5. The van der Waals surface area contributed by atoms with Crippen molar-refractivity contribution in [1.29, 1.82) is 0 Å². The van der Waals surface area contributed by atoms with E-state index in [0.717, 1.165) is 35.0 Å². The number of carbonyl (C=O) groups excluding carboxylic acids is 1. The topological polar surface area (TPSA) is 91.4 Å². The number of halogens is 1. The molecule has 3 rings (SSSR count). The maximum Gasteiger partial charge on any atom is 0.303 e. The highest BCUT2D eigenvalue weighted by Gasteiger charge is 2.14. The summed E-state index contributed by atoms with van der Waals surface area (Å²) in [6, 6.07) is 10.2. The van der Waals surface area contributed by atoms with Gasteiger partial charge in [0.25, 0.3) is 5.91 Å². The van der Waals surface area contributed by atoms with Crippen LogP contribution in [-0.2, 0) is 11.2 Å². The first-order valence-electron chi connectivity index (χ1n) is 10.9. The maximum atomic E-state index is 14.1. The molecule has 6 nitrogen and oxygen atoms in total. The van der Waals surface area contributed by atoms with Crippen LogP contribution in [0, 0.1) is 19.7 Å². The number of carboxylic acids is 1. The lowest BCUT2D eigenvalue weighted by Crippen LogP contribution is -2.25. The molecule has 0 unspecified atom stereocenters. The zero-order valence-corrected chi connectivity index (χ0v) is 18.5. The fraction of sp³-hybridized carbons (Fsp3) is 0.360. The van der Waals surface area contributed by atoms with Crippen LogP contribution in [-0.4, -0.2) is 35.1 Å². The molecule has 0 aliphatic heterocycles. The normalized spacial score (nSPS) is 11.0. The van der Waals surface area contributed by atoms with E-state index in [2.05, 4.69) is 10.3 Å². The number of aliphatic carboxylic acids is 1. The quantitative estimate of drug-likeness (QED) is 0.369. The second kappa shape index (κ2) is 10.8. The Bertz CT molecular complexity index is 1110. The van der Waals surface area contributed by atoms with Crippen molar-refractivity contribution in [3.63, 3.8) is 0 Å². The molecule has 32 heavy (non-hydrogen) atoms. The van der Waals surface area contributed by atoms with Gasteiger partial charge in [-0.15, -0.1) is 0 Å². The Balaban J connectivity index is 1.52. The number of rotatable bonds is 11. The molecule has 1 aromatic heterocycles. The van der Waals surface area contributed by atoms with Gasteiger partial charge in [0.05, 0.1) is 12.1 Å². The number of carbonyl (C=O) groups is 2. The van der Waals surface area contributed by atoms with E-state index in [1.54, 1.807) is 30.3 Å². The van der Waals surface area contributed by atoms with E-state index < -0.39 is 5.97 Å². The van der Waals surface area contributed by atoms with Crippen molar-refractivity contribution in [2.24, 2.45) is 0 Å². The molecule has 170 valence electrons. The van der Waals surface area contributed by atoms with Gasteiger partial charge >= 0.3 is 5.97 Å². The number of aryl methyl sites for hydroxylation is 2. The molecule has 0 atom stereocenters. The van der Waals surface area contributed by atoms with Gasteiger partial charge in [0.2, 0.25) is 0 Å². The Morgan fingerprint density at radius 3 is 2.72 bits per heavy atom. The highest BCUT2D eigenvalue weighted by atomic mass is 19.1. The molecule has 0 spiro atoms. The van der Waals surface area contributed by atoms with Gasteiger partial charge in [-0.25, -0.2) is 4.39 Å². The molecular formula is C25H29FN2O4. The van der Waals surface area contributed by atoms with E-state index in [1.165, 1.54) is 6.07 Å². The van der Waals surface area contributed by atoms with Gasteiger partial charge < -0.3 is 20.1 Å². The monoisotopic (exact) mass is 440 g/mol. The summed E-state index contributed by atoms with van der Waals surface area (Å²) >= 11 is 0. The van der Waals surface area contributed by atoms with Crippen LogP contribution in [0.1, 0.15) is 52.9 Å².